The summed E-state index contributed by atoms with van der Waals surface area (Å²) in [4.78, 5) is 1.36. The molecule has 0 radical (unpaired) electrons. The van der Waals surface area contributed by atoms with E-state index in [2.05, 4.69) is 48.0 Å². The fourth-order valence-corrected chi connectivity index (χ4v) is 3.40. The van der Waals surface area contributed by atoms with Crippen LogP contribution in [0.1, 0.15) is 32.3 Å². The topological polar surface area (TPSA) is 26.0 Å². The van der Waals surface area contributed by atoms with Crippen LogP contribution in [0.2, 0.25) is 0 Å². The van der Waals surface area contributed by atoms with Crippen LogP contribution >= 0.6 is 27.7 Å². The molecule has 1 fully saturated rings. The highest BCUT2D eigenvalue weighted by Gasteiger charge is 2.23. The lowest BCUT2D eigenvalue weighted by Crippen LogP contribution is -2.34. The SMILES string of the molecule is CC(C)(N)Cc1ccc(SC2CC2)c(Br)c1. The van der Waals surface area contributed by atoms with Crippen LogP contribution in [-0.2, 0) is 6.42 Å². The number of benzene rings is 1. The smallest absolute Gasteiger partial charge is 0.0314 e. The molecule has 0 atom stereocenters. The zero-order chi connectivity index (χ0) is 11.8. The van der Waals surface area contributed by atoms with Crippen LogP contribution in [0.5, 0.6) is 0 Å². The van der Waals surface area contributed by atoms with Crippen molar-refractivity contribution in [2.75, 3.05) is 0 Å². The molecule has 0 aromatic heterocycles. The van der Waals surface area contributed by atoms with Crippen LogP contribution in [-0.4, -0.2) is 10.8 Å². The molecule has 3 heteroatoms. The third-order valence-corrected chi connectivity index (χ3v) is 4.81. The van der Waals surface area contributed by atoms with Gasteiger partial charge >= 0.3 is 0 Å². The molecule has 2 N–H and O–H groups in total. The average Bonchev–Trinajstić information content (AvgIpc) is 2.90. The van der Waals surface area contributed by atoms with Crippen LogP contribution in [0.4, 0.5) is 0 Å². The van der Waals surface area contributed by atoms with E-state index in [1.165, 1.54) is 27.8 Å². The van der Waals surface area contributed by atoms with Crippen LogP contribution < -0.4 is 5.73 Å². The lowest BCUT2D eigenvalue weighted by atomic mass is 9.96. The molecule has 16 heavy (non-hydrogen) atoms. The Hall–Kier alpha value is 0.01000. The maximum atomic E-state index is 6.03. The van der Waals surface area contributed by atoms with E-state index < -0.39 is 0 Å². The zero-order valence-corrected chi connectivity index (χ0v) is 12.2. The van der Waals surface area contributed by atoms with Crippen LogP contribution in [0.25, 0.3) is 0 Å². The molecule has 1 aromatic rings. The normalized spacial score (nSPS) is 16.5. The highest BCUT2D eigenvalue weighted by atomic mass is 79.9. The van der Waals surface area contributed by atoms with Crippen molar-refractivity contribution in [3.8, 4) is 0 Å². The van der Waals surface area contributed by atoms with Gasteiger partial charge in [0.1, 0.15) is 0 Å². The average molecular weight is 300 g/mol. The molecule has 1 nitrogen and oxygen atoms in total. The van der Waals surface area contributed by atoms with Crippen molar-refractivity contribution in [2.24, 2.45) is 5.73 Å². The van der Waals surface area contributed by atoms with E-state index in [9.17, 15) is 0 Å². The van der Waals surface area contributed by atoms with Gasteiger partial charge in [-0.2, -0.15) is 0 Å². The number of rotatable bonds is 4. The van der Waals surface area contributed by atoms with E-state index in [4.69, 9.17) is 5.73 Å². The number of hydrogen-bond donors (Lipinski definition) is 1. The van der Waals surface area contributed by atoms with Gasteiger partial charge in [-0.15, -0.1) is 11.8 Å². The minimum Gasteiger partial charge on any atom is -0.325 e. The maximum absolute atomic E-state index is 6.03. The summed E-state index contributed by atoms with van der Waals surface area (Å²) in [5.74, 6) is 0. The lowest BCUT2D eigenvalue weighted by molar-refractivity contribution is 0.516. The van der Waals surface area contributed by atoms with Gasteiger partial charge in [-0.3, -0.25) is 0 Å². The lowest BCUT2D eigenvalue weighted by Gasteiger charge is -2.18. The van der Waals surface area contributed by atoms with E-state index in [0.717, 1.165) is 11.7 Å². The first-order valence-corrected chi connectivity index (χ1v) is 7.35. The molecule has 0 spiro atoms. The second kappa shape index (κ2) is 4.71. The Kier molecular flexibility index (Phi) is 3.67. The van der Waals surface area contributed by atoms with Crippen molar-refractivity contribution < 1.29 is 0 Å². The molecule has 1 saturated carbocycles. The summed E-state index contributed by atoms with van der Waals surface area (Å²) in [6.07, 6.45) is 3.66. The second-order valence-electron chi connectivity index (χ2n) is 5.25. The van der Waals surface area contributed by atoms with Crippen molar-refractivity contribution in [1.82, 2.24) is 0 Å². The van der Waals surface area contributed by atoms with Gasteiger partial charge in [-0.1, -0.05) is 6.07 Å². The highest BCUT2D eigenvalue weighted by Crippen LogP contribution is 2.42. The quantitative estimate of drug-likeness (QED) is 0.910. The highest BCUT2D eigenvalue weighted by molar-refractivity contribution is 9.10. The summed E-state index contributed by atoms with van der Waals surface area (Å²) in [5.41, 5.74) is 7.20. The fourth-order valence-electron chi connectivity index (χ4n) is 1.64. The number of halogens is 1. The minimum atomic E-state index is -0.134. The van der Waals surface area contributed by atoms with Crippen molar-refractivity contribution in [2.45, 2.75) is 48.8 Å². The molecule has 1 aliphatic rings. The third-order valence-electron chi connectivity index (χ3n) is 2.47. The van der Waals surface area contributed by atoms with E-state index in [1.807, 2.05) is 11.8 Å². The van der Waals surface area contributed by atoms with Crippen molar-refractivity contribution in [3.63, 3.8) is 0 Å². The Morgan fingerprint density at radius 3 is 2.62 bits per heavy atom. The van der Waals surface area contributed by atoms with Crippen LogP contribution in [0.3, 0.4) is 0 Å². The summed E-state index contributed by atoms with van der Waals surface area (Å²) >= 11 is 5.63. The van der Waals surface area contributed by atoms with E-state index >= 15 is 0 Å². The summed E-state index contributed by atoms with van der Waals surface area (Å²) in [6.45, 7) is 4.13. The largest absolute Gasteiger partial charge is 0.325 e. The first-order chi connectivity index (χ1) is 7.44. The Labute approximate surface area is 110 Å². The Bertz CT molecular complexity index is 380. The second-order valence-corrected chi connectivity index (χ2v) is 7.44. The van der Waals surface area contributed by atoms with Gasteiger partial charge in [0.15, 0.2) is 0 Å². The number of thioether (sulfide) groups is 1. The monoisotopic (exact) mass is 299 g/mol. The minimum absolute atomic E-state index is 0.134. The van der Waals surface area contributed by atoms with E-state index in [-0.39, 0.29) is 5.54 Å². The van der Waals surface area contributed by atoms with Gasteiger partial charge in [0, 0.05) is 20.2 Å². The van der Waals surface area contributed by atoms with Gasteiger partial charge in [0.2, 0.25) is 0 Å². The maximum Gasteiger partial charge on any atom is 0.0314 e. The Morgan fingerprint density at radius 1 is 1.44 bits per heavy atom. The first-order valence-electron chi connectivity index (χ1n) is 5.68. The predicted octanol–water partition coefficient (Wildman–Crippen LogP) is 3.98. The Morgan fingerprint density at radius 2 is 2.12 bits per heavy atom. The van der Waals surface area contributed by atoms with Gasteiger partial charge in [0.25, 0.3) is 0 Å². The summed E-state index contributed by atoms with van der Waals surface area (Å²) < 4.78 is 1.21. The summed E-state index contributed by atoms with van der Waals surface area (Å²) in [7, 11) is 0. The van der Waals surface area contributed by atoms with Crippen LogP contribution in [0.15, 0.2) is 27.6 Å². The van der Waals surface area contributed by atoms with Gasteiger partial charge in [-0.25, -0.2) is 0 Å². The van der Waals surface area contributed by atoms with Gasteiger partial charge < -0.3 is 5.73 Å². The molecule has 0 bridgehead atoms. The molecular weight excluding hydrogens is 282 g/mol. The Balaban J connectivity index is 2.08. The molecular formula is C13H18BrNS. The molecule has 0 aliphatic heterocycles. The van der Waals surface area contributed by atoms with Crippen LogP contribution in [0, 0.1) is 0 Å². The third kappa shape index (κ3) is 3.79. The summed E-state index contributed by atoms with van der Waals surface area (Å²) in [6, 6.07) is 6.62. The summed E-state index contributed by atoms with van der Waals surface area (Å²) in [5, 5.41) is 0.855. The van der Waals surface area contributed by atoms with E-state index in [1.54, 1.807) is 0 Å². The predicted molar refractivity (Wildman–Crippen MR) is 75.0 cm³/mol. The molecule has 0 unspecified atom stereocenters. The molecule has 1 aromatic carbocycles. The van der Waals surface area contributed by atoms with Gasteiger partial charge in [0.05, 0.1) is 0 Å². The van der Waals surface area contributed by atoms with Crippen molar-refractivity contribution >= 4 is 27.7 Å². The number of nitrogens with two attached hydrogens (primary N) is 1. The molecule has 1 aliphatic carbocycles. The molecule has 0 saturated heterocycles. The van der Waals surface area contributed by atoms with Gasteiger partial charge in [-0.05, 0) is 66.7 Å². The van der Waals surface area contributed by atoms with E-state index in [0.29, 0.717) is 0 Å². The molecule has 88 valence electrons. The zero-order valence-electron chi connectivity index (χ0n) is 9.79. The first kappa shape index (κ1) is 12.5. The molecule has 2 rings (SSSR count). The van der Waals surface area contributed by atoms with Crippen molar-refractivity contribution in [3.05, 3.63) is 28.2 Å². The number of hydrogen-bond acceptors (Lipinski definition) is 2. The molecule has 0 heterocycles. The standard InChI is InChI=1S/C13H18BrNS/c1-13(2,15)8-9-3-6-12(11(14)7-9)16-10-4-5-10/h3,6-7,10H,4-5,8,15H2,1-2H3. The fraction of sp³-hybridized carbons (Fsp3) is 0.538. The molecule has 0 amide bonds. The van der Waals surface area contributed by atoms with Crippen molar-refractivity contribution in [1.29, 1.82) is 0 Å².